The maximum atomic E-state index is 5.51. The molecule has 21 heavy (non-hydrogen) atoms. The van der Waals surface area contributed by atoms with Gasteiger partial charge in [0.1, 0.15) is 0 Å². The Labute approximate surface area is 132 Å². The third-order valence-corrected chi connectivity index (χ3v) is 5.61. The molecule has 1 aliphatic carbocycles. The Balaban J connectivity index is 1.82. The maximum Gasteiger partial charge on any atom is 0.225 e. The minimum atomic E-state index is 0.373. The topological polar surface area (TPSA) is 36.9 Å². The zero-order valence-corrected chi connectivity index (χ0v) is 14.4. The zero-order valence-electron chi connectivity index (χ0n) is 13.6. The van der Waals surface area contributed by atoms with Crippen LogP contribution < -0.4 is 4.90 Å². The van der Waals surface area contributed by atoms with Gasteiger partial charge in [-0.05, 0) is 42.8 Å². The lowest BCUT2D eigenvalue weighted by atomic mass is 9.80. The molecular weight excluding hydrogens is 280 g/mol. The molecule has 1 N–H and O–H groups in total. The summed E-state index contributed by atoms with van der Waals surface area (Å²) in [6.07, 6.45) is 7.76. The summed E-state index contributed by atoms with van der Waals surface area (Å²) >= 11 is 5.51. The van der Waals surface area contributed by atoms with Gasteiger partial charge < -0.3 is 4.90 Å². The van der Waals surface area contributed by atoms with Crippen molar-refractivity contribution in [3.05, 3.63) is 4.77 Å². The van der Waals surface area contributed by atoms with Crippen molar-refractivity contribution in [3.8, 4) is 0 Å². The van der Waals surface area contributed by atoms with Crippen molar-refractivity contribution in [3.63, 3.8) is 0 Å². The molecule has 0 radical (unpaired) electrons. The van der Waals surface area contributed by atoms with Crippen LogP contribution >= 0.6 is 12.2 Å². The first kappa shape index (κ1) is 15.1. The van der Waals surface area contributed by atoms with Crippen molar-refractivity contribution in [1.82, 2.24) is 14.8 Å². The number of hydrogen-bond donors (Lipinski definition) is 1. The van der Waals surface area contributed by atoms with Crippen molar-refractivity contribution < 1.29 is 0 Å². The van der Waals surface area contributed by atoms with Crippen molar-refractivity contribution in [2.75, 3.05) is 18.0 Å². The highest BCUT2D eigenvalue weighted by Gasteiger charge is 2.34. The normalized spacial score (nSPS) is 24.7. The molecule has 1 saturated carbocycles. The van der Waals surface area contributed by atoms with E-state index in [1.54, 1.807) is 0 Å². The van der Waals surface area contributed by atoms with E-state index in [9.17, 15) is 0 Å². The predicted molar refractivity (Wildman–Crippen MR) is 89.3 cm³/mol. The molecule has 1 saturated heterocycles. The third kappa shape index (κ3) is 3.03. The van der Waals surface area contributed by atoms with Crippen LogP contribution in [0.4, 0.5) is 5.95 Å². The highest BCUT2D eigenvalue weighted by atomic mass is 32.1. The van der Waals surface area contributed by atoms with Crippen molar-refractivity contribution >= 4 is 18.2 Å². The van der Waals surface area contributed by atoms with Gasteiger partial charge in [0.2, 0.25) is 5.95 Å². The number of nitrogens with one attached hydrogen (secondary N) is 1. The highest BCUT2D eigenvalue weighted by molar-refractivity contribution is 7.71. The van der Waals surface area contributed by atoms with Crippen LogP contribution in [0.2, 0.25) is 0 Å². The Morgan fingerprint density at radius 2 is 1.86 bits per heavy atom. The summed E-state index contributed by atoms with van der Waals surface area (Å²) < 4.78 is 3.11. The number of nitrogens with zero attached hydrogens (tertiary/aromatic N) is 3. The van der Waals surface area contributed by atoms with Gasteiger partial charge in [0.05, 0.1) is 0 Å². The lowest BCUT2D eigenvalue weighted by Gasteiger charge is -2.29. The van der Waals surface area contributed by atoms with E-state index in [-0.39, 0.29) is 0 Å². The minimum absolute atomic E-state index is 0.373. The zero-order chi connectivity index (χ0) is 15.0. The van der Waals surface area contributed by atoms with Crippen LogP contribution in [-0.4, -0.2) is 27.9 Å². The molecule has 5 heteroatoms. The predicted octanol–water partition coefficient (Wildman–Crippen LogP) is 4.32. The van der Waals surface area contributed by atoms with Crippen LogP contribution in [0.15, 0.2) is 0 Å². The summed E-state index contributed by atoms with van der Waals surface area (Å²) in [6.45, 7) is 9.25. The summed E-state index contributed by atoms with van der Waals surface area (Å²) in [6, 6.07) is 0.550. The first-order valence-corrected chi connectivity index (χ1v) is 8.79. The van der Waals surface area contributed by atoms with E-state index in [1.165, 1.54) is 38.5 Å². The molecule has 3 rings (SSSR count). The Kier molecular flexibility index (Phi) is 4.12. The van der Waals surface area contributed by atoms with E-state index in [2.05, 4.69) is 40.4 Å². The van der Waals surface area contributed by atoms with E-state index in [1.807, 2.05) is 0 Å². The van der Waals surface area contributed by atoms with Gasteiger partial charge in [-0.15, -0.1) is 5.10 Å². The second-order valence-corrected chi connectivity index (χ2v) is 8.17. The second-order valence-electron chi connectivity index (χ2n) is 7.79. The van der Waals surface area contributed by atoms with E-state index < -0.39 is 0 Å². The number of rotatable bonds is 2. The lowest BCUT2D eigenvalue weighted by molar-refractivity contribution is 0.263. The molecule has 2 aliphatic rings. The Bertz CT molecular complexity index is 533. The highest BCUT2D eigenvalue weighted by Crippen LogP contribution is 2.37. The smallest absolute Gasteiger partial charge is 0.225 e. The van der Waals surface area contributed by atoms with Crippen LogP contribution in [0.5, 0.6) is 0 Å². The Morgan fingerprint density at radius 3 is 2.48 bits per heavy atom. The van der Waals surface area contributed by atoms with Gasteiger partial charge in [-0.2, -0.15) is 0 Å². The molecule has 1 aromatic heterocycles. The Hall–Kier alpha value is -0.840. The van der Waals surface area contributed by atoms with Gasteiger partial charge in [-0.1, -0.05) is 40.0 Å². The molecule has 0 spiro atoms. The molecule has 1 atom stereocenters. The molecule has 4 nitrogen and oxygen atoms in total. The first-order valence-electron chi connectivity index (χ1n) is 8.38. The summed E-state index contributed by atoms with van der Waals surface area (Å²) in [5, 5.41) is 7.60. The molecule has 1 aromatic rings. The number of hydrogen-bond acceptors (Lipinski definition) is 3. The van der Waals surface area contributed by atoms with Crippen molar-refractivity contribution in [2.24, 2.45) is 11.3 Å². The largest absolute Gasteiger partial charge is 0.341 e. The summed E-state index contributed by atoms with van der Waals surface area (Å²) in [4.78, 5) is 2.44. The van der Waals surface area contributed by atoms with E-state index in [0.29, 0.717) is 11.5 Å². The fourth-order valence-corrected chi connectivity index (χ4v) is 4.11. The van der Waals surface area contributed by atoms with Gasteiger partial charge in [0.15, 0.2) is 4.77 Å². The third-order valence-electron chi connectivity index (χ3n) is 5.32. The van der Waals surface area contributed by atoms with Crippen LogP contribution in [0.25, 0.3) is 0 Å². The van der Waals surface area contributed by atoms with Gasteiger partial charge in [0, 0.05) is 19.1 Å². The molecule has 0 amide bonds. The van der Waals surface area contributed by atoms with Crippen molar-refractivity contribution in [2.45, 2.75) is 65.3 Å². The van der Waals surface area contributed by atoms with Gasteiger partial charge in [-0.25, -0.2) is 5.10 Å². The second kappa shape index (κ2) is 5.75. The summed E-state index contributed by atoms with van der Waals surface area (Å²) in [7, 11) is 0. The van der Waals surface area contributed by atoms with E-state index >= 15 is 0 Å². The number of anilines is 1. The maximum absolute atomic E-state index is 5.51. The standard InChI is InChI=1S/C16H28N4S/c1-16(2,3)12-9-10-19(11-12)14-17-18-15(21)20(14)13-7-5-4-6-8-13/h12-13H,4-11H2,1-3H3,(H,18,21). The fourth-order valence-electron chi connectivity index (χ4n) is 3.84. The Morgan fingerprint density at radius 1 is 1.14 bits per heavy atom. The molecule has 118 valence electrons. The molecule has 0 bridgehead atoms. The SMILES string of the molecule is CC(C)(C)C1CCN(c2n[nH]c(=S)n2C2CCCCC2)C1. The molecule has 1 unspecified atom stereocenters. The molecule has 2 fully saturated rings. The van der Waals surface area contributed by atoms with Crippen LogP contribution in [0, 0.1) is 16.1 Å². The fraction of sp³-hybridized carbons (Fsp3) is 0.875. The number of aromatic nitrogens is 3. The molecule has 0 aromatic carbocycles. The van der Waals surface area contributed by atoms with Gasteiger partial charge in [-0.3, -0.25) is 4.57 Å². The average molecular weight is 308 g/mol. The first-order chi connectivity index (χ1) is 9.97. The van der Waals surface area contributed by atoms with E-state index in [0.717, 1.165) is 29.7 Å². The monoisotopic (exact) mass is 308 g/mol. The number of aromatic amines is 1. The van der Waals surface area contributed by atoms with Crippen LogP contribution in [0.1, 0.15) is 65.3 Å². The van der Waals surface area contributed by atoms with E-state index in [4.69, 9.17) is 12.2 Å². The minimum Gasteiger partial charge on any atom is -0.341 e. The summed E-state index contributed by atoms with van der Waals surface area (Å²) in [5.74, 6) is 1.82. The van der Waals surface area contributed by atoms with Crippen LogP contribution in [0.3, 0.4) is 0 Å². The summed E-state index contributed by atoms with van der Waals surface area (Å²) in [5.41, 5.74) is 0.373. The van der Waals surface area contributed by atoms with Crippen LogP contribution in [-0.2, 0) is 0 Å². The van der Waals surface area contributed by atoms with Crippen molar-refractivity contribution in [1.29, 1.82) is 0 Å². The molecular formula is C16H28N4S. The average Bonchev–Trinajstić information content (AvgIpc) is 3.05. The van der Waals surface area contributed by atoms with Gasteiger partial charge >= 0.3 is 0 Å². The van der Waals surface area contributed by atoms with Gasteiger partial charge in [0.25, 0.3) is 0 Å². The molecule has 2 heterocycles. The number of H-pyrrole nitrogens is 1. The quantitative estimate of drug-likeness (QED) is 0.827. The molecule has 1 aliphatic heterocycles. The lowest BCUT2D eigenvalue weighted by Crippen LogP contribution is -2.29.